The minimum Gasteiger partial charge on any atom is -0.345 e. The van der Waals surface area contributed by atoms with Gasteiger partial charge in [0.15, 0.2) is 5.01 Å². The average molecular weight is 615 g/mol. The molecule has 12 nitrogen and oxygen atoms in total. The topological polar surface area (TPSA) is 162 Å². The van der Waals surface area contributed by atoms with Crippen molar-refractivity contribution >= 4 is 65.7 Å². The van der Waals surface area contributed by atoms with E-state index in [-0.39, 0.29) is 35.7 Å². The number of H-pyrrole nitrogens is 1. The van der Waals surface area contributed by atoms with E-state index in [2.05, 4.69) is 15.3 Å². The Morgan fingerprint density at radius 2 is 1.97 bits per heavy atom. The SMILES string of the molecule is CC1Cc2nc(C(=O)N3CCN(S(=O)(=O)c4cc5cc(Cl)ccc5[nH]4)CC3CC(=O)NS(C)(=O)=O)sc2CN1. The second-order valence-corrected chi connectivity index (χ2v) is 14.9. The van der Waals surface area contributed by atoms with Gasteiger partial charge in [0.05, 0.1) is 18.0 Å². The van der Waals surface area contributed by atoms with Gasteiger partial charge in [-0.2, -0.15) is 4.31 Å². The highest BCUT2D eigenvalue weighted by molar-refractivity contribution is 7.89. The largest absolute Gasteiger partial charge is 0.345 e. The van der Waals surface area contributed by atoms with Crippen LogP contribution in [0.3, 0.4) is 0 Å². The molecule has 5 rings (SSSR count). The molecule has 2 unspecified atom stereocenters. The zero-order chi connectivity index (χ0) is 28.1. The first-order chi connectivity index (χ1) is 18.3. The number of nitrogens with one attached hydrogen (secondary N) is 3. The third-order valence-electron chi connectivity index (χ3n) is 6.67. The number of piperazine rings is 1. The molecule has 2 atom stereocenters. The van der Waals surface area contributed by atoms with Crippen molar-refractivity contribution in [3.05, 3.63) is 44.9 Å². The number of benzene rings is 1. The Kier molecular flexibility index (Phi) is 7.50. The Morgan fingerprint density at radius 1 is 1.21 bits per heavy atom. The molecule has 1 aromatic carbocycles. The van der Waals surface area contributed by atoms with Crippen molar-refractivity contribution in [2.24, 2.45) is 0 Å². The van der Waals surface area contributed by atoms with Crippen LogP contribution in [0, 0.1) is 0 Å². The maximum Gasteiger partial charge on any atom is 0.283 e. The lowest BCUT2D eigenvalue weighted by atomic mass is 10.1. The van der Waals surface area contributed by atoms with Crippen molar-refractivity contribution in [1.82, 2.24) is 29.2 Å². The van der Waals surface area contributed by atoms with Crippen molar-refractivity contribution in [1.29, 1.82) is 0 Å². The highest BCUT2D eigenvalue weighted by atomic mass is 35.5. The third kappa shape index (κ3) is 5.98. The quantitative estimate of drug-likeness (QED) is 0.374. The van der Waals surface area contributed by atoms with Gasteiger partial charge in [-0.15, -0.1) is 11.3 Å². The Hall–Kier alpha value is -2.56. The van der Waals surface area contributed by atoms with Crippen molar-refractivity contribution in [2.45, 2.75) is 43.4 Å². The van der Waals surface area contributed by atoms with Gasteiger partial charge in [-0.1, -0.05) is 11.6 Å². The van der Waals surface area contributed by atoms with Crippen LogP contribution in [0.15, 0.2) is 29.3 Å². The molecule has 4 heterocycles. The van der Waals surface area contributed by atoms with Gasteiger partial charge in [-0.25, -0.2) is 21.8 Å². The van der Waals surface area contributed by atoms with Crippen LogP contribution in [0.1, 0.15) is 33.7 Å². The molecular weight excluding hydrogens is 588 g/mol. The molecule has 2 aliphatic rings. The van der Waals surface area contributed by atoms with E-state index in [9.17, 15) is 26.4 Å². The predicted molar refractivity (Wildman–Crippen MR) is 147 cm³/mol. The summed E-state index contributed by atoms with van der Waals surface area (Å²) < 4.78 is 53.5. The van der Waals surface area contributed by atoms with Gasteiger partial charge in [0, 0.05) is 65.9 Å². The minimum atomic E-state index is -4.04. The first-order valence-corrected chi connectivity index (χ1v) is 16.6. The second-order valence-electron chi connectivity index (χ2n) is 9.76. The molecule has 0 radical (unpaired) electrons. The molecule has 2 amide bonds. The number of hydrogen-bond acceptors (Lipinski definition) is 9. The number of carbonyl (C=O) groups excluding carboxylic acids is 2. The van der Waals surface area contributed by atoms with E-state index in [0.717, 1.165) is 16.8 Å². The molecule has 2 aliphatic heterocycles. The first-order valence-electron chi connectivity index (χ1n) is 12.1. The highest BCUT2D eigenvalue weighted by Gasteiger charge is 2.39. The fourth-order valence-corrected chi connectivity index (χ4v) is 7.99. The van der Waals surface area contributed by atoms with Crippen LogP contribution in [0.4, 0.5) is 0 Å². The van der Waals surface area contributed by atoms with Gasteiger partial charge in [-0.3, -0.25) is 14.3 Å². The van der Waals surface area contributed by atoms with Crippen molar-refractivity contribution < 1.29 is 26.4 Å². The van der Waals surface area contributed by atoms with E-state index in [1.54, 1.807) is 18.2 Å². The zero-order valence-electron chi connectivity index (χ0n) is 21.1. The summed E-state index contributed by atoms with van der Waals surface area (Å²) in [4.78, 5) is 35.9. The summed E-state index contributed by atoms with van der Waals surface area (Å²) in [5.41, 5.74) is 1.44. The summed E-state index contributed by atoms with van der Waals surface area (Å²) in [5, 5.41) is 4.62. The smallest absolute Gasteiger partial charge is 0.283 e. The van der Waals surface area contributed by atoms with Crippen molar-refractivity contribution in [2.75, 3.05) is 25.9 Å². The van der Waals surface area contributed by atoms with E-state index < -0.39 is 44.3 Å². The summed E-state index contributed by atoms with van der Waals surface area (Å²) in [6.07, 6.45) is 1.13. The van der Waals surface area contributed by atoms with Gasteiger partial charge in [0.1, 0.15) is 5.03 Å². The van der Waals surface area contributed by atoms with Crippen molar-refractivity contribution in [3.8, 4) is 0 Å². The summed E-state index contributed by atoms with van der Waals surface area (Å²) in [5.74, 6) is -1.26. The van der Waals surface area contributed by atoms with Crippen LogP contribution in [0.2, 0.25) is 5.02 Å². The normalized spacial score (nSPS) is 20.6. The number of nitrogens with zero attached hydrogens (tertiary/aromatic N) is 3. The molecule has 0 saturated carbocycles. The number of hydrogen-bond donors (Lipinski definition) is 3. The summed E-state index contributed by atoms with van der Waals surface area (Å²) in [6, 6.07) is 5.75. The molecule has 2 aromatic heterocycles. The molecule has 0 spiro atoms. The Labute approximate surface area is 234 Å². The Balaban J connectivity index is 1.42. The number of sulfonamides is 2. The van der Waals surface area contributed by atoms with Crippen molar-refractivity contribution in [3.63, 3.8) is 0 Å². The van der Waals surface area contributed by atoms with E-state index >= 15 is 0 Å². The van der Waals surface area contributed by atoms with Crippen LogP contribution in [-0.4, -0.2) is 85.8 Å². The summed E-state index contributed by atoms with van der Waals surface area (Å²) in [6.45, 7) is 2.41. The lowest BCUT2D eigenvalue weighted by Gasteiger charge is -2.40. The molecule has 210 valence electrons. The number of fused-ring (bicyclic) bond motifs is 2. The summed E-state index contributed by atoms with van der Waals surface area (Å²) >= 11 is 7.31. The molecule has 39 heavy (non-hydrogen) atoms. The summed E-state index contributed by atoms with van der Waals surface area (Å²) in [7, 11) is -7.88. The molecule has 16 heteroatoms. The number of thiazole rings is 1. The molecule has 0 aliphatic carbocycles. The van der Waals surface area contributed by atoms with Crippen LogP contribution >= 0.6 is 22.9 Å². The monoisotopic (exact) mass is 614 g/mol. The molecule has 0 bridgehead atoms. The van der Waals surface area contributed by atoms with Gasteiger partial charge in [-0.05, 0) is 31.2 Å². The average Bonchev–Trinajstić information content (AvgIpc) is 3.46. The number of aromatic amines is 1. The Morgan fingerprint density at radius 3 is 2.72 bits per heavy atom. The van der Waals surface area contributed by atoms with Gasteiger partial charge < -0.3 is 15.2 Å². The molecular formula is C23H27ClN6O6S3. The third-order valence-corrected chi connectivity index (χ3v) is 10.4. The molecule has 3 aromatic rings. The number of carbonyl (C=O) groups is 2. The van der Waals surface area contributed by atoms with E-state index in [1.165, 1.54) is 26.6 Å². The van der Waals surface area contributed by atoms with E-state index in [1.807, 2.05) is 11.6 Å². The van der Waals surface area contributed by atoms with E-state index in [4.69, 9.17) is 11.6 Å². The fourth-order valence-electron chi connectivity index (χ4n) is 4.83. The zero-order valence-corrected chi connectivity index (χ0v) is 24.3. The highest BCUT2D eigenvalue weighted by Crippen LogP contribution is 2.29. The van der Waals surface area contributed by atoms with Crippen LogP contribution in [0.5, 0.6) is 0 Å². The predicted octanol–water partition coefficient (Wildman–Crippen LogP) is 1.29. The van der Waals surface area contributed by atoms with Crippen LogP contribution in [0.25, 0.3) is 10.9 Å². The van der Waals surface area contributed by atoms with E-state index in [0.29, 0.717) is 28.9 Å². The lowest BCUT2D eigenvalue weighted by molar-refractivity contribution is -0.120. The van der Waals surface area contributed by atoms with Crippen LogP contribution in [-0.2, 0) is 37.8 Å². The maximum atomic E-state index is 13.6. The number of rotatable bonds is 6. The molecule has 1 saturated heterocycles. The number of halogens is 1. The molecule has 1 fully saturated rings. The fraction of sp³-hybridized carbons (Fsp3) is 0.435. The van der Waals surface area contributed by atoms with Gasteiger partial charge in [0.25, 0.3) is 15.9 Å². The van der Waals surface area contributed by atoms with Gasteiger partial charge >= 0.3 is 0 Å². The molecule has 3 N–H and O–H groups in total. The maximum absolute atomic E-state index is 13.6. The first kappa shape index (κ1) is 28.0. The minimum absolute atomic E-state index is 0.000158. The standard InChI is InChI=1S/C23H27ClN6O6S3/c1-13-7-18-19(11-25-13)37-22(27-18)23(32)30-6-5-29(12-16(30)10-20(31)28-38(2,33)34)39(35,36)21-9-14-8-15(24)3-4-17(14)26-21/h3-4,8-9,13,16,25-26H,5-7,10-12H2,1-2H3,(H,28,31). The van der Waals surface area contributed by atoms with Crippen LogP contribution < -0.4 is 10.0 Å². The lowest BCUT2D eigenvalue weighted by Crippen LogP contribution is -2.57. The van der Waals surface area contributed by atoms with Gasteiger partial charge in [0.2, 0.25) is 15.9 Å². The number of amides is 2. The number of aromatic nitrogens is 2. The Bertz CT molecular complexity index is 1670. The second kappa shape index (κ2) is 10.4.